The van der Waals surface area contributed by atoms with Crippen LogP contribution in [-0.2, 0) is 22.0 Å². The van der Waals surface area contributed by atoms with Crippen LogP contribution in [0, 0.1) is 24.5 Å². The van der Waals surface area contributed by atoms with Crippen LogP contribution in [0.1, 0.15) is 44.2 Å². The number of hydrogen-bond acceptors (Lipinski definition) is 3. The third kappa shape index (κ3) is 3.91. The first-order valence-electron chi connectivity index (χ1n) is 8.46. The van der Waals surface area contributed by atoms with E-state index < -0.39 is 26.6 Å². The van der Waals surface area contributed by atoms with Gasteiger partial charge in [0.2, 0.25) is 4.80 Å². The molecule has 0 aliphatic heterocycles. The summed E-state index contributed by atoms with van der Waals surface area (Å²) in [5, 5.41) is 0. The van der Waals surface area contributed by atoms with E-state index in [1.165, 1.54) is 11.3 Å². The second-order valence-corrected chi connectivity index (χ2v) is 10.3. The van der Waals surface area contributed by atoms with Crippen molar-refractivity contribution >= 4 is 21.4 Å². The van der Waals surface area contributed by atoms with Crippen molar-refractivity contribution in [3.05, 3.63) is 45.2 Å². The van der Waals surface area contributed by atoms with Crippen molar-refractivity contribution < 1.29 is 17.2 Å². The van der Waals surface area contributed by atoms with Gasteiger partial charge in [0.15, 0.2) is 0 Å². The summed E-state index contributed by atoms with van der Waals surface area (Å²) in [6, 6.07) is 2.36. The van der Waals surface area contributed by atoms with Crippen LogP contribution >= 0.6 is 11.3 Å². The summed E-state index contributed by atoms with van der Waals surface area (Å²) >= 11 is 1.30. The normalized spacial score (nSPS) is 16.3. The molecule has 0 radical (unpaired) electrons. The van der Waals surface area contributed by atoms with E-state index >= 15 is 0 Å². The highest BCUT2D eigenvalue weighted by Gasteiger charge is 2.28. The predicted molar refractivity (Wildman–Crippen MR) is 97.6 cm³/mol. The molecule has 4 nitrogen and oxygen atoms in total. The molecule has 1 heterocycles. The quantitative estimate of drug-likeness (QED) is 0.775. The molecule has 0 unspecified atom stereocenters. The Bertz CT molecular complexity index is 1010. The monoisotopic (exact) mass is 400 g/mol. The number of aromatic nitrogens is 1. The number of hydrogen-bond donors (Lipinski definition) is 0. The summed E-state index contributed by atoms with van der Waals surface area (Å²) in [6.45, 7) is 8.81. The predicted octanol–water partition coefficient (Wildman–Crippen LogP) is 4.13. The number of halogens is 2. The van der Waals surface area contributed by atoms with Crippen molar-refractivity contribution in [2.24, 2.45) is 10.3 Å². The van der Waals surface area contributed by atoms with Crippen LogP contribution in [0.15, 0.2) is 27.5 Å². The summed E-state index contributed by atoms with van der Waals surface area (Å²) in [4.78, 5) is 0.605. The van der Waals surface area contributed by atoms with E-state index in [2.05, 4.69) is 25.2 Å². The maximum Gasteiger partial charge on any atom is 0.288 e. The van der Waals surface area contributed by atoms with E-state index in [-0.39, 0.29) is 5.41 Å². The number of thiazole rings is 1. The van der Waals surface area contributed by atoms with Crippen molar-refractivity contribution in [2.75, 3.05) is 0 Å². The van der Waals surface area contributed by atoms with Gasteiger partial charge in [-0.2, -0.15) is 8.42 Å². The molecule has 3 rings (SSSR count). The molecule has 1 aliphatic carbocycles. The van der Waals surface area contributed by atoms with Gasteiger partial charge in [0, 0.05) is 17.1 Å². The fourth-order valence-corrected chi connectivity index (χ4v) is 5.34. The SMILES string of the molecule is Cc1c(C(C)(C)C)sc(=NS(=O)(=O)c2cc(F)ccc2F)n1CC1CC1. The van der Waals surface area contributed by atoms with Gasteiger partial charge >= 0.3 is 0 Å². The van der Waals surface area contributed by atoms with Crippen LogP contribution < -0.4 is 4.80 Å². The number of rotatable bonds is 4. The van der Waals surface area contributed by atoms with E-state index in [1.54, 1.807) is 0 Å². The molecule has 142 valence electrons. The third-order valence-electron chi connectivity index (χ3n) is 4.35. The molecule has 0 atom stereocenters. The van der Waals surface area contributed by atoms with Gasteiger partial charge in [-0.05, 0) is 49.3 Å². The molecule has 0 bridgehead atoms. The van der Waals surface area contributed by atoms with Crippen LogP contribution in [-0.4, -0.2) is 13.0 Å². The fraction of sp³-hybridized carbons (Fsp3) is 0.500. The third-order valence-corrected chi connectivity index (χ3v) is 7.35. The lowest BCUT2D eigenvalue weighted by Gasteiger charge is -2.17. The van der Waals surface area contributed by atoms with Crippen LogP contribution in [0.3, 0.4) is 0 Å². The van der Waals surface area contributed by atoms with E-state index in [1.807, 2.05) is 11.5 Å². The Morgan fingerprint density at radius 3 is 2.50 bits per heavy atom. The summed E-state index contributed by atoms with van der Waals surface area (Å²) in [5.74, 6) is -1.30. The minimum absolute atomic E-state index is 0.165. The van der Waals surface area contributed by atoms with Crippen molar-refractivity contribution in [1.82, 2.24) is 4.57 Å². The Morgan fingerprint density at radius 2 is 1.92 bits per heavy atom. The van der Waals surface area contributed by atoms with Gasteiger partial charge in [0.1, 0.15) is 16.5 Å². The Morgan fingerprint density at radius 1 is 1.27 bits per heavy atom. The Balaban J connectivity index is 2.19. The molecule has 26 heavy (non-hydrogen) atoms. The highest BCUT2D eigenvalue weighted by Crippen LogP contribution is 2.33. The molecule has 2 aromatic rings. The van der Waals surface area contributed by atoms with Gasteiger partial charge in [0.05, 0.1) is 0 Å². The average Bonchev–Trinajstić information content (AvgIpc) is 3.28. The first-order chi connectivity index (χ1) is 12.0. The highest BCUT2D eigenvalue weighted by atomic mass is 32.2. The molecule has 1 aliphatic rings. The van der Waals surface area contributed by atoms with Crippen molar-refractivity contribution in [1.29, 1.82) is 0 Å². The zero-order chi connectivity index (χ0) is 19.3. The van der Waals surface area contributed by atoms with Gasteiger partial charge in [-0.15, -0.1) is 15.7 Å². The first-order valence-corrected chi connectivity index (χ1v) is 10.7. The van der Waals surface area contributed by atoms with E-state index in [4.69, 9.17) is 0 Å². The lowest BCUT2D eigenvalue weighted by molar-refractivity contribution is 0.550. The van der Waals surface area contributed by atoms with Crippen molar-refractivity contribution in [3.63, 3.8) is 0 Å². The molecule has 0 amide bonds. The zero-order valence-corrected chi connectivity index (χ0v) is 16.8. The number of nitrogens with zero attached hydrogens (tertiary/aromatic N) is 2. The second-order valence-electron chi connectivity index (χ2n) is 7.74. The zero-order valence-electron chi connectivity index (χ0n) is 15.2. The lowest BCUT2D eigenvalue weighted by Crippen LogP contribution is -2.20. The molecule has 0 spiro atoms. The van der Waals surface area contributed by atoms with Crippen molar-refractivity contribution in [3.8, 4) is 0 Å². The molecular formula is C18H22F2N2O2S2. The van der Waals surface area contributed by atoms with Gasteiger partial charge in [-0.3, -0.25) is 0 Å². The number of sulfonamides is 1. The summed E-state index contributed by atoms with van der Waals surface area (Å²) in [7, 11) is -4.35. The van der Waals surface area contributed by atoms with Gasteiger partial charge in [0.25, 0.3) is 10.0 Å². The van der Waals surface area contributed by atoms with Crippen LogP contribution in [0.4, 0.5) is 8.78 Å². The summed E-state index contributed by atoms with van der Waals surface area (Å²) in [6.07, 6.45) is 2.22. The van der Waals surface area contributed by atoms with Crippen LogP contribution in [0.5, 0.6) is 0 Å². The summed E-state index contributed by atoms with van der Waals surface area (Å²) < 4.78 is 58.4. The average molecular weight is 401 g/mol. The van der Waals surface area contributed by atoms with E-state index in [0.717, 1.165) is 35.5 Å². The first kappa shape index (κ1) is 19.2. The second kappa shape index (κ2) is 6.56. The fourth-order valence-electron chi connectivity index (χ4n) is 2.85. The van der Waals surface area contributed by atoms with Gasteiger partial charge < -0.3 is 4.57 Å². The van der Waals surface area contributed by atoms with Gasteiger partial charge in [-0.1, -0.05) is 20.8 Å². The topological polar surface area (TPSA) is 51.4 Å². The maximum atomic E-state index is 14.0. The molecule has 0 saturated heterocycles. The van der Waals surface area contributed by atoms with Crippen molar-refractivity contribution in [2.45, 2.75) is 57.4 Å². The largest absolute Gasteiger partial charge is 0.320 e. The van der Waals surface area contributed by atoms with Crippen LogP contribution in [0.2, 0.25) is 0 Å². The molecule has 8 heteroatoms. The molecule has 1 aromatic carbocycles. The Hall–Kier alpha value is -1.54. The molecule has 0 N–H and O–H groups in total. The molecule has 1 aromatic heterocycles. The van der Waals surface area contributed by atoms with Crippen LogP contribution in [0.25, 0.3) is 0 Å². The lowest BCUT2D eigenvalue weighted by atomic mass is 9.93. The Labute approximate surface area is 156 Å². The molecular weight excluding hydrogens is 378 g/mol. The summed E-state index contributed by atoms with van der Waals surface area (Å²) in [5.41, 5.74) is 0.810. The smallest absolute Gasteiger partial charge is 0.288 e. The van der Waals surface area contributed by atoms with E-state index in [9.17, 15) is 17.2 Å². The van der Waals surface area contributed by atoms with Gasteiger partial charge in [-0.25, -0.2) is 8.78 Å². The molecule has 1 fully saturated rings. The van der Waals surface area contributed by atoms with E-state index in [0.29, 0.717) is 23.3 Å². The standard InChI is InChI=1S/C18H22F2N2O2S2/c1-11-16(18(2,3)4)25-17(22(11)10-12-5-6-12)21-26(23,24)15-9-13(19)7-8-14(15)20/h7-9,12H,5-6,10H2,1-4H3. The molecule has 1 saturated carbocycles. The Kier molecular flexibility index (Phi) is 4.85. The maximum absolute atomic E-state index is 14.0. The minimum Gasteiger partial charge on any atom is -0.320 e. The minimum atomic E-state index is -4.35. The highest BCUT2D eigenvalue weighted by molar-refractivity contribution is 7.90. The number of benzene rings is 1.